The zero-order valence-electron chi connectivity index (χ0n) is 18.3. The minimum Gasteiger partial charge on any atom is -0.507 e. The lowest BCUT2D eigenvalue weighted by molar-refractivity contribution is -0.132. The number of hydrogen-bond donors (Lipinski definition) is 1. The minimum atomic E-state index is -0.742. The van der Waals surface area contributed by atoms with Crippen LogP contribution in [0.4, 0.5) is 5.69 Å². The Hall–Kier alpha value is -3.86. The van der Waals surface area contributed by atoms with Crippen LogP contribution in [0.5, 0.6) is 5.75 Å². The number of anilines is 1. The summed E-state index contributed by atoms with van der Waals surface area (Å²) in [4.78, 5) is 27.9. The van der Waals surface area contributed by atoms with E-state index < -0.39 is 17.7 Å². The zero-order chi connectivity index (χ0) is 22.8. The third-order valence-corrected chi connectivity index (χ3v) is 5.53. The van der Waals surface area contributed by atoms with Crippen molar-refractivity contribution in [3.63, 3.8) is 0 Å². The van der Waals surface area contributed by atoms with E-state index in [0.29, 0.717) is 23.6 Å². The summed E-state index contributed by atoms with van der Waals surface area (Å²) in [5.74, 6) is -1.01. The van der Waals surface area contributed by atoms with Crippen LogP contribution in [0.3, 0.4) is 0 Å². The maximum atomic E-state index is 13.2. The molecular weight excluding hydrogens is 402 g/mol. The Morgan fingerprint density at radius 3 is 2.34 bits per heavy atom. The largest absolute Gasteiger partial charge is 0.507 e. The first-order valence-electron chi connectivity index (χ1n) is 10.6. The van der Waals surface area contributed by atoms with Gasteiger partial charge in [0.15, 0.2) is 0 Å². The van der Waals surface area contributed by atoms with Crippen LogP contribution in [0.25, 0.3) is 5.76 Å². The van der Waals surface area contributed by atoms with Gasteiger partial charge in [-0.25, -0.2) is 0 Å². The van der Waals surface area contributed by atoms with Crippen molar-refractivity contribution >= 4 is 23.1 Å². The Morgan fingerprint density at radius 2 is 1.66 bits per heavy atom. The molecule has 1 amide bonds. The lowest BCUT2D eigenvalue weighted by Crippen LogP contribution is -2.29. The number of ketones is 1. The van der Waals surface area contributed by atoms with E-state index in [-0.39, 0.29) is 11.3 Å². The predicted octanol–water partition coefficient (Wildman–Crippen LogP) is 5.33. The molecule has 0 radical (unpaired) electrons. The van der Waals surface area contributed by atoms with Gasteiger partial charge in [-0.1, -0.05) is 59.7 Å². The first kappa shape index (κ1) is 21.4. The molecule has 3 aromatic rings. The highest BCUT2D eigenvalue weighted by Crippen LogP contribution is 2.42. The Labute approximate surface area is 187 Å². The molecule has 162 valence electrons. The van der Waals surface area contributed by atoms with Gasteiger partial charge in [-0.15, -0.1) is 0 Å². The van der Waals surface area contributed by atoms with Gasteiger partial charge < -0.3 is 9.84 Å². The smallest absolute Gasteiger partial charge is 0.300 e. The van der Waals surface area contributed by atoms with Crippen LogP contribution < -0.4 is 9.64 Å². The fraction of sp³-hybridized carbons (Fsp3) is 0.185. The molecule has 1 aliphatic rings. The van der Waals surface area contributed by atoms with Crippen LogP contribution in [0.15, 0.2) is 78.4 Å². The van der Waals surface area contributed by atoms with Crippen molar-refractivity contribution in [1.29, 1.82) is 0 Å². The van der Waals surface area contributed by atoms with E-state index in [0.717, 1.165) is 16.7 Å². The summed E-state index contributed by atoms with van der Waals surface area (Å²) >= 11 is 0. The van der Waals surface area contributed by atoms with Gasteiger partial charge in [0.05, 0.1) is 18.2 Å². The van der Waals surface area contributed by atoms with Crippen LogP contribution >= 0.6 is 0 Å². The molecule has 1 fully saturated rings. The molecular formula is C27H25NO4. The van der Waals surface area contributed by atoms with Gasteiger partial charge in [-0.3, -0.25) is 14.5 Å². The van der Waals surface area contributed by atoms with Crippen molar-refractivity contribution in [1.82, 2.24) is 0 Å². The fourth-order valence-corrected chi connectivity index (χ4v) is 4.02. The molecule has 0 spiro atoms. The molecule has 3 aromatic carbocycles. The van der Waals surface area contributed by atoms with Crippen molar-refractivity contribution in [2.24, 2.45) is 0 Å². The summed E-state index contributed by atoms with van der Waals surface area (Å²) in [6.07, 6.45) is 0. The number of hydrogen-bond acceptors (Lipinski definition) is 4. The summed E-state index contributed by atoms with van der Waals surface area (Å²) in [7, 11) is 0. The third-order valence-electron chi connectivity index (χ3n) is 5.53. The molecule has 0 bridgehead atoms. The van der Waals surface area contributed by atoms with Crippen molar-refractivity contribution in [3.05, 3.63) is 101 Å². The molecule has 1 atom stereocenters. The molecule has 1 heterocycles. The van der Waals surface area contributed by atoms with Gasteiger partial charge in [0, 0.05) is 11.3 Å². The highest BCUT2D eigenvalue weighted by Gasteiger charge is 2.47. The molecule has 0 saturated carbocycles. The van der Waals surface area contributed by atoms with Crippen molar-refractivity contribution < 1.29 is 19.4 Å². The number of aliphatic hydroxyl groups is 1. The van der Waals surface area contributed by atoms with E-state index in [4.69, 9.17) is 4.74 Å². The molecule has 1 unspecified atom stereocenters. The quantitative estimate of drug-likeness (QED) is 0.340. The first-order chi connectivity index (χ1) is 15.4. The normalized spacial score (nSPS) is 17.6. The van der Waals surface area contributed by atoms with Crippen LogP contribution in [-0.2, 0) is 9.59 Å². The minimum absolute atomic E-state index is 0.0647. The number of benzene rings is 3. The summed E-state index contributed by atoms with van der Waals surface area (Å²) in [5.41, 5.74) is 3.89. The Bertz CT molecular complexity index is 1210. The average Bonchev–Trinajstić information content (AvgIpc) is 3.05. The summed E-state index contributed by atoms with van der Waals surface area (Å²) in [5, 5.41) is 11.2. The van der Waals surface area contributed by atoms with E-state index >= 15 is 0 Å². The second-order valence-corrected chi connectivity index (χ2v) is 7.88. The molecule has 5 nitrogen and oxygen atoms in total. The van der Waals surface area contributed by atoms with Gasteiger partial charge in [0.2, 0.25) is 0 Å². The second kappa shape index (κ2) is 8.71. The number of Topliss-reactive ketones (excluding diaryl/α,β-unsaturated/α-hetero) is 1. The maximum Gasteiger partial charge on any atom is 0.300 e. The monoisotopic (exact) mass is 427 g/mol. The van der Waals surface area contributed by atoms with E-state index in [1.54, 1.807) is 24.3 Å². The number of aryl methyl sites for hydroxylation is 2. The summed E-state index contributed by atoms with van der Waals surface area (Å²) in [6, 6.07) is 21.2. The highest BCUT2D eigenvalue weighted by atomic mass is 16.5. The number of nitrogens with zero attached hydrogens (tertiary/aromatic N) is 1. The van der Waals surface area contributed by atoms with Gasteiger partial charge in [0.1, 0.15) is 11.5 Å². The number of amides is 1. The summed E-state index contributed by atoms with van der Waals surface area (Å²) in [6.45, 7) is 6.26. The van der Waals surface area contributed by atoms with Crippen LogP contribution in [0.1, 0.15) is 35.2 Å². The fourth-order valence-electron chi connectivity index (χ4n) is 4.02. The molecule has 0 aliphatic carbocycles. The van der Waals surface area contributed by atoms with Gasteiger partial charge in [-0.05, 0) is 50.6 Å². The molecule has 1 saturated heterocycles. The summed E-state index contributed by atoms with van der Waals surface area (Å²) < 4.78 is 5.54. The van der Waals surface area contributed by atoms with E-state index in [1.165, 1.54) is 4.90 Å². The standard InChI is InChI=1S/C27H25NO4/c1-4-32-22-10-6-9-20(16-22)25(29)23-24(19-8-5-7-18(3)15-19)28(27(31)26(23)30)21-13-11-17(2)12-14-21/h5-16,24,29H,4H2,1-3H3/b25-23-. The average molecular weight is 428 g/mol. The third kappa shape index (κ3) is 3.89. The SMILES string of the molecule is CCOc1cccc(/C(O)=C2/C(=O)C(=O)N(c3ccc(C)cc3)C2c2cccc(C)c2)c1. The number of carbonyl (C=O) groups excluding carboxylic acids is 2. The number of carbonyl (C=O) groups is 2. The lowest BCUT2D eigenvalue weighted by Gasteiger charge is -2.26. The molecule has 1 N–H and O–H groups in total. The first-order valence-corrected chi connectivity index (χ1v) is 10.6. The van der Waals surface area contributed by atoms with Crippen LogP contribution in [0, 0.1) is 13.8 Å². The van der Waals surface area contributed by atoms with Gasteiger partial charge in [-0.2, -0.15) is 0 Å². The van der Waals surface area contributed by atoms with Gasteiger partial charge >= 0.3 is 0 Å². The predicted molar refractivity (Wildman–Crippen MR) is 125 cm³/mol. The molecule has 4 rings (SSSR count). The topological polar surface area (TPSA) is 66.8 Å². The van der Waals surface area contributed by atoms with E-state index in [2.05, 4.69) is 0 Å². The van der Waals surface area contributed by atoms with Gasteiger partial charge in [0.25, 0.3) is 11.7 Å². The van der Waals surface area contributed by atoms with E-state index in [9.17, 15) is 14.7 Å². The van der Waals surface area contributed by atoms with Crippen LogP contribution in [-0.4, -0.2) is 23.4 Å². The van der Waals surface area contributed by atoms with Crippen molar-refractivity contribution in [2.75, 3.05) is 11.5 Å². The number of ether oxygens (including phenoxy) is 1. The van der Waals surface area contributed by atoms with Crippen molar-refractivity contribution in [3.8, 4) is 5.75 Å². The van der Waals surface area contributed by atoms with Crippen molar-refractivity contribution in [2.45, 2.75) is 26.8 Å². The molecule has 5 heteroatoms. The maximum absolute atomic E-state index is 13.2. The Morgan fingerprint density at radius 1 is 0.938 bits per heavy atom. The number of rotatable bonds is 5. The van der Waals surface area contributed by atoms with E-state index in [1.807, 2.05) is 69.3 Å². The molecule has 0 aromatic heterocycles. The zero-order valence-corrected chi connectivity index (χ0v) is 18.3. The highest BCUT2D eigenvalue weighted by molar-refractivity contribution is 6.51. The Balaban J connectivity index is 1.92. The molecule has 32 heavy (non-hydrogen) atoms. The second-order valence-electron chi connectivity index (χ2n) is 7.88. The van der Waals surface area contributed by atoms with Crippen LogP contribution in [0.2, 0.25) is 0 Å². The molecule has 1 aliphatic heterocycles. The number of aliphatic hydroxyl groups excluding tert-OH is 1. The lowest BCUT2D eigenvalue weighted by atomic mass is 9.94. The Kier molecular flexibility index (Phi) is 5.82.